The average molecular weight is 996 g/mol. The molecule has 0 N–H and O–H groups in total. The molecule has 0 saturated carbocycles. The molecule has 0 saturated heterocycles. The minimum atomic E-state index is -0.139. The normalized spacial score (nSPS) is 12.6. The molecule has 0 unspecified atom stereocenters. The molecule has 368 valence electrons. The van der Waals surface area contributed by atoms with Crippen molar-refractivity contribution in [3.8, 4) is 67.1 Å². The van der Waals surface area contributed by atoms with Crippen LogP contribution < -0.4 is 4.90 Å². The van der Waals surface area contributed by atoms with Gasteiger partial charge in [-0.2, -0.15) is 0 Å². The molecule has 0 fully saturated rings. The van der Waals surface area contributed by atoms with Crippen LogP contribution in [0.3, 0.4) is 0 Å². The first kappa shape index (κ1) is 45.4. The lowest BCUT2D eigenvalue weighted by Crippen LogP contribution is -2.16. The summed E-state index contributed by atoms with van der Waals surface area (Å²) in [5, 5.41) is 6.12. The third-order valence-electron chi connectivity index (χ3n) is 16.5. The van der Waals surface area contributed by atoms with Crippen molar-refractivity contribution in [1.82, 2.24) is 9.13 Å². The lowest BCUT2D eigenvalue weighted by molar-refractivity contribution is 0.660. The maximum atomic E-state index is 2.49. The fourth-order valence-corrected chi connectivity index (χ4v) is 12.9. The van der Waals surface area contributed by atoms with Crippen LogP contribution in [0.15, 0.2) is 285 Å². The number of aromatic nitrogens is 2. The first-order chi connectivity index (χ1) is 38.5. The fourth-order valence-electron chi connectivity index (χ4n) is 12.9. The molecule has 14 aromatic rings. The molecule has 2 heterocycles. The van der Waals surface area contributed by atoms with E-state index in [-0.39, 0.29) is 5.41 Å². The van der Waals surface area contributed by atoms with Gasteiger partial charge in [-0.15, -0.1) is 0 Å². The van der Waals surface area contributed by atoms with Crippen LogP contribution >= 0.6 is 0 Å². The van der Waals surface area contributed by atoms with Crippen molar-refractivity contribution in [2.24, 2.45) is 0 Å². The van der Waals surface area contributed by atoms with Gasteiger partial charge in [0.2, 0.25) is 0 Å². The van der Waals surface area contributed by atoms with Crippen LogP contribution in [0.1, 0.15) is 25.0 Å². The van der Waals surface area contributed by atoms with Crippen molar-refractivity contribution in [3.05, 3.63) is 296 Å². The second kappa shape index (κ2) is 18.1. The molecule has 0 radical (unpaired) electrons. The lowest BCUT2D eigenvalue weighted by atomic mass is 9.82. The van der Waals surface area contributed by atoms with Gasteiger partial charge < -0.3 is 14.0 Å². The number of rotatable bonds is 9. The van der Waals surface area contributed by atoms with Crippen LogP contribution in [0.4, 0.5) is 17.1 Å². The number of fused-ring (bicyclic) bond motifs is 9. The molecule has 3 nitrogen and oxygen atoms in total. The number of nitrogens with zero attached hydrogens (tertiary/aromatic N) is 3. The summed E-state index contributed by atoms with van der Waals surface area (Å²) in [6.45, 7) is 4.73. The maximum Gasteiger partial charge on any atom is 0.0620 e. The fraction of sp³-hybridized carbons (Fsp3) is 0.0400. The smallest absolute Gasteiger partial charge is 0.0620 e. The number of hydrogen-bond acceptors (Lipinski definition) is 1. The van der Waals surface area contributed by atoms with Gasteiger partial charge in [0.05, 0.1) is 22.2 Å². The number of para-hydroxylation sites is 3. The summed E-state index contributed by atoms with van der Waals surface area (Å²) >= 11 is 0. The summed E-state index contributed by atoms with van der Waals surface area (Å²) in [5.74, 6) is 0. The summed E-state index contributed by atoms with van der Waals surface area (Å²) in [6.07, 6.45) is 0. The van der Waals surface area contributed by atoms with Crippen LogP contribution in [0, 0.1) is 0 Å². The van der Waals surface area contributed by atoms with Gasteiger partial charge in [-0.3, -0.25) is 0 Å². The van der Waals surface area contributed by atoms with Crippen molar-refractivity contribution in [2.45, 2.75) is 19.3 Å². The van der Waals surface area contributed by atoms with E-state index in [2.05, 4.69) is 313 Å². The Morgan fingerprint density at radius 2 is 0.808 bits per heavy atom. The molecular formula is C75H53N3. The number of benzene rings is 12. The monoisotopic (exact) mass is 995 g/mol. The minimum Gasteiger partial charge on any atom is -0.310 e. The van der Waals surface area contributed by atoms with Gasteiger partial charge in [0.25, 0.3) is 0 Å². The summed E-state index contributed by atoms with van der Waals surface area (Å²) in [4.78, 5) is 2.44. The zero-order chi connectivity index (χ0) is 51.9. The summed E-state index contributed by atoms with van der Waals surface area (Å²) in [7, 11) is 0. The largest absolute Gasteiger partial charge is 0.310 e. The highest BCUT2D eigenvalue weighted by atomic mass is 15.1. The van der Waals surface area contributed by atoms with Crippen LogP contribution in [0.5, 0.6) is 0 Å². The molecule has 0 bridgehead atoms. The first-order valence-electron chi connectivity index (χ1n) is 27.1. The molecule has 15 rings (SSSR count). The predicted octanol–water partition coefficient (Wildman–Crippen LogP) is 20.3. The Morgan fingerprint density at radius 1 is 0.295 bits per heavy atom. The Bertz CT molecular complexity index is 4590. The van der Waals surface area contributed by atoms with Gasteiger partial charge >= 0.3 is 0 Å². The average Bonchev–Trinajstić information content (AvgIpc) is 4.27. The standard InChI is InChI=1S/C75H53N3/c1-75(2)68-32-17-15-28-62(68)63-44-42-59(49-69(63)75)76(58-43-47-71-67(48-58)64-29-16-18-33-70(64)77(71)55-24-11-5-12-25-55)57-40-38-51(39-41-57)50-34-36-52(37-35-50)60-30-19-31-65-61(60)45-46-66-72(53-20-7-3-8-21-53)73(54-22-9-4-10-23-54)78(74(65)66)56-26-13-6-14-27-56/h3-49H,1-2H3. The van der Waals surface area contributed by atoms with Crippen LogP contribution in [0.25, 0.3) is 111 Å². The second-order valence-corrected chi connectivity index (χ2v) is 21.2. The Balaban J connectivity index is 0.830. The van der Waals surface area contributed by atoms with Crippen LogP contribution in [-0.4, -0.2) is 9.13 Å². The van der Waals surface area contributed by atoms with E-state index in [0.717, 1.165) is 28.4 Å². The highest BCUT2D eigenvalue weighted by Gasteiger charge is 2.36. The van der Waals surface area contributed by atoms with E-state index < -0.39 is 0 Å². The minimum absolute atomic E-state index is 0.139. The summed E-state index contributed by atoms with van der Waals surface area (Å²) in [6, 6.07) is 105. The highest BCUT2D eigenvalue weighted by Crippen LogP contribution is 2.52. The zero-order valence-corrected chi connectivity index (χ0v) is 43.5. The SMILES string of the molecule is CC1(C)c2ccccc2-c2ccc(N(c3ccc(-c4ccc(-c5cccc6c5ccc5c(-c7ccccc7)c(-c7ccccc7)n(-c7ccccc7)c56)cc4)cc3)c3ccc4c(c3)c3ccccc3n4-c3ccccc3)cc21. The van der Waals surface area contributed by atoms with Gasteiger partial charge in [0.15, 0.2) is 0 Å². The maximum absolute atomic E-state index is 2.49. The van der Waals surface area contributed by atoms with Crippen molar-refractivity contribution in [1.29, 1.82) is 0 Å². The van der Waals surface area contributed by atoms with E-state index in [0.29, 0.717) is 0 Å². The molecular weight excluding hydrogens is 943 g/mol. The highest BCUT2D eigenvalue weighted by molar-refractivity contribution is 6.18. The van der Waals surface area contributed by atoms with Gasteiger partial charge in [-0.25, -0.2) is 0 Å². The van der Waals surface area contributed by atoms with Gasteiger partial charge in [0, 0.05) is 61.0 Å². The molecule has 2 aromatic heterocycles. The first-order valence-corrected chi connectivity index (χ1v) is 27.1. The number of anilines is 3. The van der Waals surface area contributed by atoms with Crippen LogP contribution in [-0.2, 0) is 5.41 Å². The number of hydrogen-bond donors (Lipinski definition) is 0. The molecule has 0 atom stereocenters. The molecule has 0 amide bonds. The zero-order valence-electron chi connectivity index (χ0n) is 43.5. The van der Waals surface area contributed by atoms with E-state index in [9.17, 15) is 0 Å². The molecule has 1 aliphatic rings. The second-order valence-electron chi connectivity index (χ2n) is 21.2. The molecule has 0 spiro atoms. The third kappa shape index (κ3) is 7.20. The Morgan fingerprint density at radius 3 is 1.54 bits per heavy atom. The summed E-state index contributed by atoms with van der Waals surface area (Å²) in [5.41, 5.74) is 24.0. The topological polar surface area (TPSA) is 13.1 Å². The van der Waals surface area contributed by atoms with Crippen molar-refractivity contribution >= 4 is 60.5 Å². The van der Waals surface area contributed by atoms with Crippen molar-refractivity contribution < 1.29 is 0 Å². The summed E-state index contributed by atoms with van der Waals surface area (Å²) < 4.78 is 4.88. The lowest BCUT2D eigenvalue weighted by Gasteiger charge is -2.28. The van der Waals surface area contributed by atoms with E-state index in [1.165, 1.54) is 110 Å². The Hall–Kier alpha value is -9.96. The van der Waals surface area contributed by atoms with Crippen molar-refractivity contribution in [2.75, 3.05) is 4.90 Å². The van der Waals surface area contributed by atoms with Gasteiger partial charge in [-0.05, 0) is 134 Å². The molecule has 3 heteroatoms. The Kier molecular flexibility index (Phi) is 10.6. The van der Waals surface area contributed by atoms with E-state index in [1.54, 1.807) is 0 Å². The quantitative estimate of drug-likeness (QED) is 0.140. The van der Waals surface area contributed by atoms with E-state index in [1.807, 2.05) is 0 Å². The molecule has 0 aliphatic heterocycles. The molecule has 1 aliphatic carbocycles. The third-order valence-corrected chi connectivity index (χ3v) is 16.5. The Labute approximate surface area is 454 Å². The molecule has 78 heavy (non-hydrogen) atoms. The van der Waals surface area contributed by atoms with E-state index in [4.69, 9.17) is 0 Å². The molecule has 12 aromatic carbocycles. The van der Waals surface area contributed by atoms with Crippen LogP contribution in [0.2, 0.25) is 0 Å². The van der Waals surface area contributed by atoms with Crippen molar-refractivity contribution in [3.63, 3.8) is 0 Å². The predicted molar refractivity (Wildman–Crippen MR) is 329 cm³/mol. The van der Waals surface area contributed by atoms with E-state index >= 15 is 0 Å². The van der Waals surface area contributed by atoms with Gasteiger partial charge in [0.1, 0.15) is 0 Å². The van der Waals surface area contributed by atoms with Gasteiger partial charge in [-0.1, -0.05) is 226 Å².